The highest BCUT2D eigenvalue weighted by Gasteiger charge is 2.26. The van der Waals surface area contributed by atoms with Crippen LogP contribution in [0.3, 0.4) is 0 Å². The van der Waals surface area contributed by atoms with Crippen LogP contribution < -0.4 is 0 Å². The second kappa shape index (κ2) is 2.03. The molecule has 1 N–H and O–H groups in total. The first kappa shape index (κ1) is 5.41. The molecular weight excluding hydrogens is 106 g/mol. The topological polar surface area (TPSA) is 69.0 Å². The summed E-state index contributed by atoms with van der Waals surface area (Å²) in [5.41, 5.74) is 7.87. The van der Waals surface area contributed by atoms with Crippen molar-refractivity contribution in [3.8, 4) is 0 Å². The first-order valence-electron chi connectivity index (χ1n) is 2.57. The summed E-state index contributed by atoms with van der Waals surface area (Å²) in [6.45, 7) is 0. The average Bonchev–Trinajstić information content (AvgIpc) is 1.79. The van der Waals surface area contributed by atoms with E-state index in [0.717, 1.165) is 12.8 Å². The fraction of sp³-hybridized carbons (Fsp3) is 1.00. The zero-order valence-electron chi connectivity index (χ0n) is 4.36. The summed E-state index contributed by atoms with van der Waals surface area (Å²) >= 11 is 0. The lowest BCUT2D eigenvalue weighted by molar-refractivity contribution is 0.0695. The van der Waals surface area contributed by atoms with Crippen LogP contribution in [0, 0.1) is 0 Å². The summed E-state index contributed by atoms with van der Waals surface area (Å²) in [6.07, 6.45) is 1.25. The van der Waals surface area contributed by atoms with Gasteiger partial charge < -0.3 is 5.11 Å². The van der Waals surface area contributed by atoms with Gasteiger partial charge in [0.2, 0.25) is 0 Å². The van der Waals surface area contributed by atoms with Crippen molar-refractivity contribution in [2.45, 2.75) is 25.0 Å². The van der Waals surface area contributed by atoms with Gasteiger partial charge in [0.05, 0.1) is 12.1 Å². The molecule has 4 heteroatoms. The van der Waals surface area contributed by atoms with E-state index in [4.69, 9.17) is 10.6 Å². The van der Waals surface area contributed by atoms with E-state index < -0.39 is 0 Å². The molecule has 1 rings (SSSR count). The average molecular weight is 113 g/mol. The maximum atomic E-state index is 8.77. The Balaban J connectivity index is 2.37. The number of rotatable bonds is 1. The van der Waals surface area contributed by atoms with E-state index in [1.165, 1.54) is 0 Å². The third-order valence-electron chi connectivity index (χ3n) is 1.40. The van der Waals surface area contributed by atoms with Crippen molar-refractivity contribution in [3.63, 3.8) is 0 Å². The smallest absolute Gasteiger partial charge is 0.0634 e. The Kier molecular flexibility index (Phi) is 1.37. The molecule has 0 amide bonds. The number of nitrogens with zero attached hydrogens (tertiary/aromatic N) is 3. The minimum atomic E-state index is -0.370. The summed E-state index contributed by atoms with van der Waals surface area (Å²) in [7, 11) is 0. The second-order valence-corrected chi connectivity index (χ2v) is 1.92. The van der Waals surface area contributed by atoms with Crippen LogP contribution in [-0.4, -0.2) is 17.3 Å². The van der Waals surface area contributed by atoms with Crippen molar-refractivity contribution in [3.05, 3.63) is 10.4 Å². The predicted molar refractivity (Wildman–Crippen MR) is 28.2 cm³/mol. The zero-order chi connectivity index (χ0) is 5.98. The highest BCUT2D eigenvalue weighted by molar-refractivity contribution is 4.86. The number of azide groups is 1. The summed E-state index contributed by atoms with van der Waals surface area (Å²) in [5.74, 6) is 0. The molecule has 0 aromatic heterocycles. The van der Waals surface area contributed by atoms with Gasteiger partial charge in [0, 0.05) is 4.91 Å². The molecule has 1 aliphatic rings. The normalized spacial score (nSPS) is 35.1. The molecule has 0 aromatic carbocycles. The van der Waals surface area contributed by atoms with Crippen molar-refractivity contribution in [2.24, 2.45) is 5.11 Å². The molecule has 8 heavy (non-hydrogen) atoms. The molecule has 0 aromatic rings. The molecule has 0 aliphatic heterocycles. The van der Waals surface area contributed by atoms with Gasteiger partial charge in [0.15, 0.2) is 0 Å². The van der Waals surface area contributed by atoms with Crippen LogP contribution in [-0.2, 0) is 0 Å². The van der Waals surface area contributed by atoms with Crippen LogP contribution in [0.1, 0.15) is 12.8 Å². The number of aliphatic hydroxyl groups is 1. The SMILES string of the molecule is [N-]=[N+]=N[C@@H]1CC[C@@H]1O. The third-order valence-corrected chi connectivity index (χ3v) is 1.40. The first-order chi connectivity index (χ1) is 3.84. The van der Waals surface area contributed by atoms with Gasteiger partial charge in [-0.05, 0) is 18.4 Å². The Labute approximate surface area is 46.8 Å². The van der Waals surface area contributed by atoms with Gasteiger partial charge in [-0.3, -0.25) is 0 Å². The van der Waals surface area contributed by atoms with E-state index in [0.29, 0.717) is 0 Å². The minimum absolute atomic E-state index is 0.139. The fourth-order valence-corrected chi connectivity index (χ4v) is 0.666. The lowest BCUT2D eigenvalue weighted by Gasteiger charge is -2.27. The molecule has 1 aliphatic carbocycles. The maximum Gasteiger partial charge on any atom is 0.0634 e. The maximum absolute atomic E-state index is 8.77. The Bertz CT molecular complexity index is 129. The van der Waals surface area contributed by atoms with Crippen molar-refractivity contribution < 1.29 is 5.11 Å². The summed E-state index contributed by atoms with van der Waals surface area (Å²) in [5, 5.41) is 12.1. The summed E-state index contributed by atoms with van der Waals surface area (Å²) in [6, 6.07) is -0.139. The number of hydrogen-bond donors (Lipinski definition) is 1. The van der Waals surface area contributed by atoms with Gasteiger partial charge >= 0.3 is 0 Å². The third kappa shape index (κ3) is 0.757. The van der Waals surface area contributed by atoms with E-state index in [-0.39, 0.29) is 12.1 Å². The van der Waals surface area contributed by atoms with Gasteiger partial charge in [-0.1, -0.05) is 5.11 Å². The lowest BCUT2D eigenvalue weighted by atomic mass is 9.90. The Morgan fingerprint density at radius 1 is 1.62 bits per heavy atom. The summed E-state index contributed by atoms with van der Waals surface area (Å²) in [4.78, 5) is 2.57. The van der Waals surface area contributed by atoms with Gasteiger partial charge in [0.25, 0.3) is 0 Å². The van der Waals surface area contributed by atoms with Crippen LogP contribution in [0.25, 0.3) is 10.4 Å². The second-order valence-electron chi connectivity index (χ2n) is 1.92. The molecule has 1 fully saturated rings. The minimum Gasteiger partial charge on any atom is -0.393 e. The molecule has 4 nitrogen and oxygen atoms in total. The summed E-state index contributed by atoms with van der Waals surface area (Å²) < 4.78 is 0. The molecule has 44 valence electrons. The van der Waals surface area contributed by atoms with Crippen LogP contribution in [0.2, 0.25) is 0 Å². The zero-order valence-corrected chi connectivity index (χ0v) is 4.36. The molecule has 2 atom stereocenters. The van der Waals surface area contributed by atoms with Crippen LogP contribution in [0.15, 0.2) is 5.11 Å². The first-order valence-corrected chi connectivity index (χ1v) is 2.57. The lowest BCUT2D eigenvalue weighted by Crippen LogP contribution is -2.34. The Hall–Kier alpha value is -0.730. The van der Waals surface area contributed by atoms with Crippen molar-refractivity contribution in [2.75, 3.05) is 0 Å². The molecule has 1 saturated carbocycles. The van der Waals surface area contributed by atoms with Gasteiger partial charge in [-0.15, -0.1) is 0 Å². The van der Waals surface area contributed by atoms with Crippen molar-refractivity contribution >= 4 is 0 Å². The molecule has 0 radical (unpaired) electrons. The number of aliphatic hydroxyl groups excluding tert-OH is 1. The van der Waals surface area contributed by atoms with Gasteiger partial charge in [-0.2, -0.15) is 0 Å². The van der Waals surface area contributed by atoms with E-state index in [1.54, 1.807) is 0 Å². The molecule has 0 spiro atoms. The van der Waals surface area contributed by atoms with Gasteiger partial charge in [0.1, 0.15) is 0 Å². The monoisotopic (exact) mass is 113 g/mol. The quantitative estimate of drug-likeness (QED) is 0.305. The predicted octanol–water partition coefficient (Wildman–Crippen LogP) is 0.820. The largest absolute Gasteiger partial charge is 0.393 e. The molecule has 0 unspecified atom stereocenters. The highest BCUT2D eigenvalue weighted by atomic mass is 16.3. The van der Waals surface area contributed by atoms with Crippen molar-refractivity contribution in [1.82, 2.24) is 0 Å². The van der Waals surface area contributed by atoms with Crippen molar-refractivity contribution in [1.29, 1.82) is 0 Å². The Morgan fingerprint density at radius 3 is 2.50 bits per heavy atom. The Morgan fingerprint density at radius 2 is 2.38 bits per heavy atom. The number of hydrogen-bond acceptors (Lipinski definition) is 2. The standard InChI is InChI=1S/C4H7N3O/c5-7-6-3-1-2-4(3)8/h3-4,8H,1-2H2/t3-,4+/m1/s1. The molecular formula is C4H7N3O. The van der Waals surface area contributed by atoms with Gasteiger partial charge in [-0.25, -0.2) is 0 Å². The highest BCUT2D eigenvalue weighted by Crippen LogP contribution is 2.22. The molecule has 0 saturated heterocycles. The van der Waals surface area contributed by atoms with Crippen LogP contribution >= 0.6 is 0 Å². The van der Waals surface area contributed by atoms with E-state index in [9.17, 15) is 0 Å². The van der Waals surface area contributed by atoms with E-state index >= 15 is 0 Å². The van der Waals surface area contributed by atoms with Crippen LogP contribution in [0.4, 0.5) is 0 Å². The van der Waals surface area contributed by atoms with Crippen LogP contribution in [0.5, 0.6) is 0 Å². The fourth-order valence-electron chi connectivity index (χ4n) is 0.666. The van der Waals surface area contributed by atoms with E-state index in [1.807, 2.05) is 0 Å². The van der Waals surface area contributed by atoms with E-state index in [2.05, 4.69) is 10.0 Å². The molecule has 0 heterocycles. The molecule has 0 bridgehead atoms.